The normalized spacial score (nSPS) is 14.3. The van der Waals surface area contributed by atoms with Crippen molar-refractivity contribution >= 4 is 73.0 Å². The van der Waals surface area contributed by atoms with Gasteiger partial charge in [0.1, 0.15) is 12.1 Å². The van der Waals surface area contributed by atoms with Crippen LogP contribution in [0.5, 0.6) is 0 Å². The van der Waals surface area contributed by atoms with Crippen LogP contribution < -0.4 is 31.3 Å². The molecule has 1 aliphatic rings. The maximum Gasteiger partial charge on any atom is 0.403 e. The zero-order valence-corrected chi connectivity index (χ0v) is 44.0. The number of nitrogens with zero attached hydrogens (tertiary/aromatic N) is 1. The molecule has 24 nitrogen and oxygen atoms in total. The third-order valence-electron chi connectivity index (χ3n) is 11.5. The highest BCUT2D eigenvalue weighted by Crippen LogP contribution is 2.38. The van der Waals surface area contributed by atoms with Crippen LogP contribution in [0, 0.1) is 0 Å². The van der Waals surface area contributed by atoms with Crippen LogP contribution in [-0.2, 0) is 72.9 Å². The van der Waals surface area contributed by atoms with E-state index in [9.17, 15) is 52.9 Å². The zero-order chi connectivity index (χ0) is 55.6. The molecule has 5 amide bonds. The van der Waals surface area contributed by atoms with Gasteiger partial charge in [0.05, 0.1) is 71.7 Å². The van der Waals surface area contributed by atoms with E-state index >= 15 is 0 Å². The van der Waals surface area contributed by atoms with Gasteiger partial charge < -0.3 is 65.3 Å². The second-order valence-electron chi connectivity index (χ2n) is 17.7. The number of anilines is 1. The molecule has 0 bridgehead atoms. The summed E-state index contributed by atoms with van der Waals surface area (Å²) >= 11 is 0. The number of amides is 5. The first-order valence-corrected chi connectivity index (χ1v) is 27.0. The second kappa shape index (κ2) is 36.8. The Morgan fingerprint density at radius 3 is 1.83 bits per heavy atom. The van der Waals surface area contributed by atoms with Crippen LogP contribution in [-0.4, -0.2) is 158 Å². The molecule has 0 saturated heterocycles. The third-order valence-corrected chi connectivity index (χ3v) is 12.7. The molecule has 25 heteroatoms. The van der Waals surface area contributed by atoms with Gasteiger partial charge >= 0.3 is 25.7 Å². The molecule has 76 heavy (non-hydrogen) atoms. The quantitative estimate of drug-likeness (QED) is 0.0340. The van der Waals surface area contributed by atoms with Crippen LogP contribution in [0.25, 0.3) is 12.2 Å². The Hall–Kier alpha value is -6.11. The maximum atomic E-state index is 13.4. The van der Waals surface area contributed by atoms with Crippen molar-refractivity contribution < 1.29 is 86.6 Å². The van der Waals surface area contributed by atoms with E-state index in [-0.39, 0.29) is 82.3 Å². The summed E-state index contributed by atoms with van der Waals surface area (Å²) in [5.41, 5.74) is 3.82. The van der Waals surface area contributed by atoms with Crippen LogP contribution in [0.1, 0.15) is 107 Å². The number of benzene rings is 2. The average Bonchev–Trinajstić information content (AvgIpc) is 3.37. The van der Waals surface area contributed by atoms with Crippen molar-refractivity contribution in [3.05, 3.63) is 65.2 Å². The molecule has 0 spiro atoms. The fourth-order valence-electron chi connectivity index (χ4n) is 7.45. The lowest BCUT2D eigenvalue weighted by Crippen LogP contribution is -2.42. The fraction of sp³-hybridized carbons (Fsp3) is 0.569. The molecule has 422 valence electrons. The number of carbonyl (C=O) groups excluding carboxylic acids is 5. The van der Waals surface area contributed by atoms with E-state index in [0.717, 1.165) is 22.4 Å². The topological polar surface area (TPSA) is 344 Å². The summed E-state index contributed by atoms with van der Waals surface area (Å²) in [7, 11) is -4.57. The Labute approximate surface area is 442 Å². The Morgan fingerprint density at radius 1 is 0.566 bits per heavy atom. The molecule has 2 unspecified atom stereocenters. The zero-order valence-electron chi connectivity index (χ0n) is 43.1. The Morgan fingerprint density at radius 2 is 1.14 bits per heavy atom. The van der Waals surface area contributed by atoms with Gasteiger partial charge in [-0.05, 0) is 68.2 Å². The third kappa shape index (κ3) is 28.1. The van der Waals surface area contributed by atoms with Gasteiger partial charge in [0, 0.05) is 57.7 Å². The molecule has 0 fully saturated rings. The van der Waals surface area contributed by atoms with Crippen LogP contribution in [0.2, 0.25) is 0 Å². The standard InChI is InChI=1S/C51H75N6O18P/c1-37(10-9-27-75-76(69,70)56-42(51(67)68)19-23-49(63)64)54-47(61)20-18-41(50(65)66)55-46(60)15-3-2-8-25-52-45(59)24-28-71-30-32-73-34-35-74-33-31-72-29-26-53-44(58)21-22-48(62)57-36-40-13-5-4-11-38(40)16-17-39-12-6-7-14-43(39)57/h4-7,11-14,16-17,37,41-42H,2-3,8-10,15,18-36H2,1H3,(H,52,59)(H,53,58)(H,54,61)(H,55,60)(H,63,64)(H,65,66)(H,67,68)(H2,56,69,70)/b17-16-/t37-,41+,42?/m1/s1. The molecule has 3 rings (SSSR count). The lowest BCUT2D eigenvalue weighted by atomic mass is 10.0. The molecule has 0 aromatic heterocycles. The smallest absolute Gasteiger partial charge is 0.403 e. The minimum absolute atomic E-state index is 0.0519. The molecule has 0 aliphatic carbocycles. The summed E-state index contributed by atoms with van der Waals surface area (Å²) in [5, 5.41) is 40.0. The number of fused-ring (bicyclic) bond motifs is 2. The summed E-state index contributed by atoms with van der Waals surface area (Å²) in [4.78, 5) is 108. The van der Waals surface area contributed by atoms with E-state index in [4.69, 9.17) is 33.7 Å². The van der Waals surface area contributed by atoms with Gasteiger partial charge in [-0.3, -0.25) is 38.1 Å². The highest BCUT2D eigenvalue weighted by atomic mass is 31.2. The number of rotatable bonds is 41. The number of ether oxygens (including phenoxy) is 4. The van der Waals surface area contributed by atoms with Gasteiger partial charge in [0.15, 0.2) is 0 Å². The number of para-hydroxylation sites is 1. The van der Waals surface area contributed by atoms with Crippen LogP contribution in [0.15, 0.2) is 48.5 Å². The summed E-state index contributed by atoms with van der Waals surface area (Å²) in [6.45, 7) is 4.96. The van der Waals surface area contributed by atoms with Crippen molar-refractivity contribution in [2.24, 2.45) is 0 Å². The minimum Gasteiger partial charge on any atom is -0.481 e. The van der Waals surface area contributed by atoms with Gasteiger partial charge in [0.2, 0.25) is 29.5 Å². The van der Waals surface area contributed by atoms with Crippen molar-refractivity contribution in [3.63, 3.8) is 0 Å². The van der Waals surface area contributed by atoms with E-state index < -0.39 is 68.4 Å². The Balaban J connectivity index is 1.09. The first-order chi connectivity index (χ1) is 36.4. The van der Waals surface area contributed by atoms with Crippen molar-refractivity contribution in [2.45, 2.75) is 115 Å². The molecule has 2 aromatic rings. The van der Waals surface area contributed by atoms with E-state index in [2.05, 4.69) is 27.3 Å². The maximum absolute atomic E-state index is 13.4. The lowest BCUT2D eigenvalue weighted by molar-refractivity contribution is -0.142. The molecular formula is C51H75N6O18P. The molecule has 4 atom stereocenters. The monoisotopic (exact) mass is 1090 g/mol. The van der Waals surface area contributed by atoms with E-state index in [1.807, 2.05) is 59.7 Å². The molecular weight excluding hydrogens is 1020 g/mol. The molecule has 0 saturated carbocycles. The molecule has 1 heterocycles. The predicted octanol–water partition coefficient (Wildman–Crippen LogP) is 3.39. The largest absolute Gasteiger partial charge is 0.481 e. The van der Waals surface area contributed by atoms with Gasteiger partial charge in [0.25, 0.3) is 0 Å². The van der Waals surface area contributed by atoms with Gasteiger partial charge in [-0.25, -0.2) is 14.4 Å². The first kappa shape index (κ1) is 64.2. The lowest BCUT2D eigenvalue weighted by Gasteiger charge is -2.27. The summed E-state index contributed by atoms with van der Waals surface area (Å²) in [5.74, 6) is -5.62. The SMILES string of the molecule is C[C@H](CCCOP(=O)(O)NC(CCC(=O)O)C(=O)O)NC(=O)CC[C@H](NC(=O)CCCCCNC(=O)CCOCCOCCOCCOCCNC(=O)CCC(=O)N1Cc2ccccc2/C=C\c2ccccc21)C(=O)O. The van der Waals surface area contributed by atoms with Crippen LogP contribution in [0.3, 0.4) is 0 Å². The van der Waals surface area contributed by atoms with Gasteiger partial charge in [-0.15, -0.1) is 0 Å². The Kier molecular flexibility index (Phi) is 31.1. The first-order valence-electron chi connectivity index (χ1n) is 25.4. The predicted molar refractivity (Wildman–Crippen MR) is 277 cm³/mol. The van der Waals surface area contributed by atoms with Crippen molar-refractivity contribution in [1.82, 2.24) is 26.4 Å². The van der Waals surface area contributed by atoms with E-state index in [0.29, 0.717) is 85.1 Å². The van der Waals surface area contributed by atoms with Gasteiger partial charge in [-0.1, -0.05) is 61.0 Å². The summed E-state index contributed by atoms with van der Waals surface area (Å²) in [6.07, 6.45) is 5.14. The number of carboxylic acids is 3. The van der Waals surface area contributed by atoms with Crippen LogP contribution >= 0.6 is 7.75 Å². The summed E-state index contributed by atoms with van der Waals surface area (Å²) in [6, 6.07) is 12.3. The fourth-order valence-corrected chi connectivity index (χ4v) is 8.54. The molecule has 1 aliphatic heterocycles. The number of carboxylic acid groups (broad SMARTS) is 3. The van der Waals surface area contributed by atoms with Crippen molar-refractivity contribution in [1.29, 1.82) is 0 Å². The number of hydrogen-bond donors (Lipinski definition) is 9. The number of unbranched alkanes of at least 4 members (excludes halogenated alkanes) is 2. The van der Waals surface area contributed by atoms with Crippen LogP contribution in [0.4, 0.5) is 5.69 Å². The summed E-state index contributed by atoms with van der Waals surface area (Å²) < 4.78 is 39.0. The Bertz CT molecular complexity index is 2250. The molecule has 0 radical (unpaired) electrons. The highest BCUT2D eigenvalue weighted by Gasteiger charge is 2.29. The van der Waals surface area contributed by atoms with E-state index in [1.54, 1.807) is 11.8 Å². The number of aliphatic carboxylic acids is 3. The number of hydrogen-bond acceptors (Lipinski definition) is 14. The van der Waals surface area contributed by atoms with Crippen molar-refractivity contribution in [3.8, 4) is 0 Å². The molecule has 2 aromatic carbocycles. The second-order valence-corrected chi connectivity index (χ2v) is 19.3. The van der Waals surface area contributed by atoms with E-state index in [1.165, 1.54) is 0 Å². The van der Waals surface area contributed by atoms with Crippen molar-refractivity contribution in [2.75, 3.05) is 77.5 Å². The number of carbonyl (C=O) groups is 8. The number of nitrogens with one attached hydrogen (secondary N) is 5. The van der Waals surface area contributed by atoms with Gasteiger partial charge in [-0.2, -0.15) is 0 Å². The average molecular weight is 1090 g/mol. The minimum atomic E-state index is -4.57. The highest BCUT2D eigenvalue weighted by molar-refractivity contribution is 7.50. The molecule has 9 N–H and O–H groups in total.